The molecule has 0 radical (unpaired) electrons. The highest BCUT2D eigenvalue weighted by Gasteiger charge is 2.27. The Morgan fingerprint density at radius 2 is 1.73 bits per heavy atom. The fraction of sp³-hybridized carbons (Fsp3) is 0.440. The van der Waals surface area contributed by atoms with Gasteiger partial charge in [0.15, 0.2) is 0 Å². The van der Waals surface area contributed by atoms with E-state index in [0.29, 0.717) is 18.0 Å². The first-order valence-corrected chi connectivity index (χ1v) is 11.3. The van der Waals surface area contributed by atoms with Crippen molar-refractivity contribution in [2.45, 2.75) is 64.0 Å². The molecule has 2 amide bonds. The van der Waals surface area contributed by atoms with Crippen LogP contribution in [0.25, 0.3) is 0 Å². The molecular weight excluding hydrogens is 396 g/mol. The van der Waals surface area contributed by atoms with E-state index in [2.05, 4.69) is 5.32 Å². The number of nitrogens with one attached hydrogen (secondary N) is 1. The van der Waals surface area contributed by atoms with Gasteiger partial charge < -0.3 is 10.2 Å². The van der Waals surface area contributed by atoms with E-state index in [9.17, 15) is 9.59 Å². The molecule has 1 fully saturated rings. The van der Waals surface area contributed by atoms with E-state index in [1.165, 1.54) is 6.42 Å². The molecule has 1 aliphatic carbocycles. The van der Waals surface area contributed by atoms with Crippen molar-refractivity contribution in [1.82, 2.24) is 10.2 Å². The lowest BCUT2D eigenvalue weighted by Crippen LogP contribution is -2.51. The van der Waals surface area contributed by atoms with E-state index >= 15 is 0 Å². The number of halogens is 1. The van der Waals surface area contributed by atoms with Crippen LogP contribution >= 0.6 is 11.6 Å². The maximum absolute atomic E-state index is 13.2. The van der Waals surface area contributed by atoms with Gasteiger partial charge in [-0.15, -0.1) is 0 Å². The predicted octanol–water partition coefficient (Wildman–Crippen LogP) is 4.79. The van der Waals surface area contributed by atoms with Gasteiger partial charge in [-0.2, -0.15) is 0 Å². The van der Waals surface area contributed by atoms with Crippen molar-refractivity contribution < 1.29 is 9.59 Å². The van der Waals surface area contributed by atoms with Gasteiger partial charge in [-0.05, 0) is 49.4 Å². The molecule has 1 atom stereocenters. The Balaban J connectivity index is 1.69. The standard InChI is InChI=1S/C25H31ClN2O2/c1-19(25(30)27-23-13-6-3-7-14-23)28(16-15-20-9-4-2-5-10-20)24(29)18-21-11-8-12-22(26)17-21/h2,4-5,8-12,17,19,23H,3,6-7,13-16,18H2,1H3,(H,27,30). The summed E-state index contributed by atoms with van der Waals surface area (Å²) in [5, 5.41) is 3.78. The van der Waals surface area contributed by atoms with Crippen LogP contribution in [0.3, 0.4) is 0 Å². The van der Waals surface area contributed by atoms with Gasteiger partial charge in [-0.25, -0.2) is 0 Å². The number of rotatable bonds is 8. The Kier molecular flexibility index (Phi) is 8.32. The van der Waals surface area contributed by atoms with E-state index in [0.717, 1.165) is 36.8 Å². The maximum atomic E-state index is 13.2. The average Bonchev–Trinajstić information content (AvgIpc) is 2.75. The van der Waals surface area contributed by atoms with Gasteiger partial charge in [-0.1, -0.05) is 73.3 Å². The first-order valence-electron chi connectivity index (χ1n) is 10.9. The molecule has 0 aromatic heterocycles. The monoisotopic (exact) mass is 426 g/mol. The second-order valence-electron chi connectivity index (χ2n) is 8.15. The Labute approximate surface area is 184 Å². The Morgan fingerprint density at radius 3 is 2.43 bits per heavy atom. The van der Waals surface area contributed by atoms with Gasteiger partial charge in [0, 0.05) is 17.6 Å². The second-order valence-corrected chi connectivity index (χ2v) is 8.59. The summed E-state index contributed by atoms with van der Waals surface area (Å²) in [6.07, 6.45) is 6.55. The van der Waals surface area contributed by atoms with Crippen molar-refractivity contribution in [3.63, 3.8) is 0 Å². The molecule has 0 heterocycles. The molecule has 160 valence electrons. The van der Waals surface area contributed by atoms with Crippen molar-refractivity contribution in [1.29, 1.82) is 0 Å². The summed E-state index contributed by atoms with van der Waals surface area (Å²) < 4.78 is 0. The minimum absolute atomic E-state index is 0.0560. The van der Waals surface area contributed by atoms with Crippen LogP contribution in [0.15, 0.2) is 54.6 Å². The van der Waals surface area contributed by atoms with Crippen LogP contribution < -0.4 is 5.32 Å². The van der Waals surface area contributed by atoms with Gasteiger partial charge in [0.05, 0.1) is 6.42 Å². The molecule has 0 aliphatic heterocycles. The molecule has 3 rings (SSSR count). The topological polar surface area (TPSA) is 49.4 Å². The third-order valence-electron chi connectivity index (χ3n) is 5.85. The van der Waals surface area contributed by atoms with Crippen LogP contribution in [0, 0.1) is 0 Å². The summed E-state index contributed by atoms with van der Waals surface area (Å²) in [5.74, 6) is -0.117. The number of amides is 2. The summed E-state index contributed by atoms with van der Waals surface area (Å²) >= 11 is 6.08. The Morgan fingerprint density at radius 1 is 1.03 bits per heavy atom. The van der Waals surface area contributed by atoms with Crippen molar-refractivity contribution in [2.24, 2.45) is 0 Å². The van der Waals surface area contributed by atoms with Crippen molar-refractivity contribution >= 4 is 23.4 Å². The van der Waals surface area contributed by atoms with Crippen LogP contribution in [0.2, 0.25) is 5.02 Å². The SMILES string of the molecule is CC(C(=O)NC1CCCCC1)N(CCc1ccccc1)C(=O)Cc1cccc(Cl)c1. The highest BCUT2D eigenvalue weighted by atomic mass is 35.5. The minimum atomic E-state index is -0.512. The van der Waals surface area contributed by atoms with Gasteiger partial charge in [0.1, 0.15) is 6.04 Å². The minimum Gasteiger partial charge on any atom is -0.352 e. The molecule has 1 saturated carbocycles. The number of nitrogens with zero attached hydrogens (tertiary/aromatic N) is 1. The van der Waals surface area contributed by atoms with E-state index in [4.69, 9.17) is 11.6 Å². The molecule has 5 heteroatoms. The first kappa shape index (κ1) is 22.4. The molecule has 0 saturated heterocycles. The lowest BCUT2D eigenvalue weighted by atomic mass is 9.95. The molecule has 4 nitrogen and oxygen atoms in total. The van der Waals surface area contributed by atoms with Crippen LogP contribution in [0.5, 0.6) is 0 Å². The number of carbonyl (C=O) groups excluding carboxylic acids is 2. The van der Waals surface area contributed by atoms with Gasteiger partial charge in [0.2, 0.25) is 11.8 Å². The fourth-order valence-corrected chi connectivity index (χ4v) is 4.27. The van der Waals surface area contributed by atoms with E-state index in [1.54, 1.807) is 11.0 Å². The lowest BCUT2D eigenvalue weighted by molar-refractivity contribution is -0.139. The predicted molar refractivity (Wildman–Crippen MR) is 121 cm³/mol. The second kappa shape index (κ2) is 11.2. The number of hydrogen-bond donors (Lipinski definition) is 1. The summed E-state index contributed by atoms with van der Waals surface area (Å²) in [6, 6.07) is 17.1. The number of carbonyl (C=O) groups is 2. The zero-order valence-electron chi connectivity index (χ0n) is 17.6. The highest BCUT2D eigenvalue weighted by molar-refractivity contribution is 6.30. The number of benzene rings is 2. The summed E-state index contributed by atoms with van der Waals surface area (Å²) in [7, 11) is 0. The molecule has 1 N–H and O–H groups in total. The van der Waals surface area contributed by atoms with Gasteiger partial charge in [0.25, 0.3) is 0 Å². The Bertz CT molecular complexity index is 834. The third-order valence-corrected chi connectivity index (χ3v) is 6.08. The Hall–Kier alpha value is -2.33. The molecule has 0 bridgehead atoms. The normalized spacial score (nSPS) is 15.4. The van der Waals surface area contributed by atoms with Crippen molar-refractivity contribution in [3.8, 4) is 0 Å². The van der Waals surface area contributed by atoms with Crippen LogP contribution in [-0.2, 0) is 22.4 Å². The number of hydrogen-bond acceptors (Lipinski definition) is 2. The molecule has 1 aliphatic rings. The first-order chi connectivity index (χ1) is 14.5. The third kappa shape index (κ3) is 6.60. The van der Waals surface area contributed by atoms with E-state index in [1.807, 2.05) is 55.5 Å². The van der Waals surface area contributed by atoms with Crippen LogP contribution in [0.4, 0.5) is 0 Å². The van der Waals surface area contributed by atoms with Gasteiger partial charge >= 0.3 is 0 Å². The average molecular weight is 427 g/mol. The largest absolute Gasteiger partial charge is 0.352 e. The van der Waals surface area contributed by atoms with Gasteiger partial charge in [-0.3, -0.25) is 9.59 Å². The molecule has 30 heavy (non-hydrogen) atoms. The molecule has 0 spiro atoms. The maximum Gasteiger partial charge on any atom is 0.242 e. The van der Waals surface area contributed by atoms with E-state index < -0.39 is 6.04 Å². The smallest absolute Gasteiger partial charge is 0.242 e. The van der Waals surface area contributed by atoms with Crippen LogP contribution in [0.1, 0.15) is 50.2 Å². The molecular formula is C25H31ClN2O2. The molecule has 1 unspecified atom stereocenters. The highest BCUT2D eigenvalue weighted by Crippen LogP contribution is 2.18. The molecule has 2 aromatic rings. The summed E-state index contributed by atoms with van der Waals surface area (Å²) in [5.41, 5.74) is 2.01. The fourth-order valence-electron chi connectivity index (χ4n) is 4.06. The summed E-state index contributed by atoms with van der Waals surface area (Å²) in [4.78, 5) is 27.8. The summed E-state index contributed by atoms with van der Waals surface area (Å²) in [6.45, 7) is 2.34. The lowest BCUT2D eigenvalue weighted by Gasteiger charge is -2.31. The zero-order chi connectivity index (χ0) is 21.3. The van der Waals surface area contributed by atoms with Crippen LogP contribution in [-0.4, -0.2) is 35.3 Å². The van der Waals surface area contributed by atoms with Crippen molar-refractivity contribution in [3.05, 3.63) is 70.7 Å². The van der Waals surface area contributed by atoms with E-state index in [-0.39, 0.29) is 24.3 Å². The quantitative estimate of drug-likeness (QED) is 0.659. The van der Waals surface area contributed by atoms with Crippen molar-refractivity contribution in [2.75, 3.05) is 6.54 Å². The molecule has 2 aromatic carbocycles. The zero-order valence-corrected chi connectivity index (χ0v) is 18.4.